The second-order valence-electron chi connectivity index (χ2n) is 8.27. The van der Waals surface area contributed by atoms with Gasteiger partial charge in [0, 0.05) is 38.5 Å². The van der Waals surface area contributed by atoms with E-state index in [9.17, 15) is 4.79 Å². The van der Waals surface area contributed by atoms with Gasteiger partial charge in [0.1, 0.15) is 13.2 Å². The van der Waals surface area contributed by atoms with Crippen LogP contribution in [0.4, 0.5) is 0 Å². The molecule has 0 saturated carbocycles. The third-order valence-electron chi connectivity index (χ3n) is 5.53. The number of likely N-dealkylation sites (tertiary alicyclic amines) is 1. The molecule has 29 heavy (non-hydrogen) atoms. The Kier molecular flexibility index (Phi) is 8.42. The number of guanidine groups is 1. The fourth-order valence-electron chi connectivity index (χ4n) is 3.91. The highest BCUT2D eigenvalue weighted by atomic mass is 127. The molecule has 162 valence electrons. The quantitative estimate of drug-likeness (QED) is 0.357. The second kappa shape index (κ2) is 10.4. The minimum absolute atomic E-state index is 0. The lowest BCUT2D eigenvalue weighted by molar-refractivity contribution is -0.119. The monoisotopic (exact) mass is 516 g/mol. The van der Waals surface area contributed by atoms with E-state index in [4.69, 9.17) is 15.2 Å². The number of primary amides is 1. The van der Waals surface area contributed by atoms with Crippen molar-refractivity contribution in [1.82, 2.24) is 10.2 Å². The second-order valence-corrected chi connectivity index (χ2v) is 8.27. The summed E-state index contributed by atoms with van der Waals surface area (Å²) in [7, 11) is 1.80. The number of carbonyl (C=O) groups is 1. The van der Waals surface area contributed by atoms with Gasteiger partial charge in [-0.2, -0.15) is 0 Å². The number of piperidine rings is 1. The van der Waals surface area contributed by atoms with Crippen LogP contribution in [0.15, 0.2) is 23.2 Å². The topological polar surface area (TPSA) is 89.2 Å². The SMILES string of the molecule is CN=C(NCC(C)(C)c1ccc2c(c1)OCCO2)N1CCCC(CC(N)=O)C1.I. The van der Waals surface area contributed by atoms with Crippen molar-refractivity contribution in [3.8, 4) is 11.5 Å². The van der Waals surface area contributed by atoms with Crippen LogP contribution in [0.1, 0.15) is 38.7 Å². The number of nitrogens with zero attached hydrogens (tertiary/aromatic N) is 2. The van der Waals surface area contributed by atoms with Gasteiger partial charge in [0.15, 0.2) is 17.5 Å². The Morgan fingerprint density at radius 3 is 2.72 bits per heavy atom. The maximum atomic E-state index is 11.3. The van der Waals surface area contributed by atoms with Crippen LogP contribution < -0.4 is 20.5 Å². The molecule has 3 rings (SSSR count). The Bertz CT molecular complexity index is 739. The normalized spacial score (nSPS) is 19.3. The number of fused-ring (bicyclic) bond motifs is 1. The van der Waals surface area contributed by atoms with Crippen LogP contribution in [-0.2, 0) is 10.2 Å². The molecule has 0 aliphatic carbocycles. The molecule has 1 fully saturated rings. The number of ether oxygens (including phenoxy) is 2. The lowest BCUT2D eigenvalue weighted by atomic mass is 9.84. The van der Waals surface area contributed by atoms with Gasteiger partial charge >= 0.3 is 0 Å². The summed E-state index contributed by atoms with van der Waals surface area (Å²) >= 11 is 0. The highest BCUT2D eigenvalue weighted by Crippen LogP contribution is 2.35. The van der Waals surface area contributed by atoms with Crippen molar-refractivity contribution in [3.05, 3.63) is 23.8 Å². The zero-order chi connectivity index (χ0) is 20.1. The first-order chi connectivity index (χ1) is 13.4. The van der Waals surface area contributed by atoms with E-state index in [1.54, 1.807) is 7.05 Å². The van der Waals surface area contributed by atoms with Crippen LogP contribution >= 0.6 is 24.0 Å². The highest BCUT2D eigenvalue weighted by Gasteiger charge is 2.27. The molecule has 2 heterocycles. The van der Waals surface area contributed by atoms with E-state index in [-0.39, 0.29) is 35.3 Å². The third kappa shape index (κ3) is 6.13. The molecule has 2 aliphatic rings. The first-order valence-electron chi connectivity index (χ1n) is 10.0. The lowest BCUT2D eigenvalue weighted by Crippen LogP contribution is -2.49. The summed E-state index contributed by atoms with van der Waals surface area (Å²) in [4.78, 5) is 18.0. The highest BCUT2D eigenvalue weighted by molar-refractivity contribution is 14.0. The van der Waals surface area contributed by atoms with E-state index >= 15 is 0 Å². The van der Waals surface area contributed by atoms with Crippen LogP contribution in [0.3, 0.4) is 0 Å². The predicted molar refractivity (Wildman–Crippen MR) is 125 cm³/mol. The molecule has 1 amide bonds. The van der Waals surface area contributed by atoms with Gasteiger partial charge in [-0.15, -0.1) is 24.0 Å². The average Bonchev–Trinajstić information content (AvgIpc) is 2.68. The molecule has 1 saturated heterocycles. The van der Waals surface area contributed by atoms with E-state index in [1.165, 1.54) is 5.56 Å². The summed E-state index contributed by atoms with van der Waals surface area (Å²) in [5, 5.41) is 3.52. The molecule has 0 radical (unpaired) electrons. The van der Waals surface area contributed by atoms with Crippen LogP contribution in [-0.4, -0.2) is 56.7 Å². The third-order valence-corrected chi connectivity index (χ3v) is 5.53. The van der Waals surface area contributed by atoms with Crippen LogP contribution in [0.5, 0.6) is 11.5 Å². The van der Waals surface area contributed by atoms with Gasteiger partial charge in [-0.25, -0.2) is 0 Å². The van der Waals surface area contributed by atoms with Gasteiger partial charge < -0.3 is 25.4 Å². The fourth-order valence-corrected chi connectivity index (χ4v) is 3.91. The summed E-state index contributed by atoms with van der Waals surface area (Å²) in [6.45, 7) is 8.07. The number of amides is 1. The molecule has 1 aromatic carbocycles. The number of rotatable bonds is 5. The van der Waals surface area contributed by atoms with Gasteiger partial charge in [-0.05, 0) is 36.5 Å². The molecule has 1 unspecified atom stereocenters. The molecule has 2 aliphatic heterocycles. The van der Waals surface area contributed by atoms with Gasteiger partial charge in [0.25, 0.3) is 0 Å². The Morgan fingerprint density at radius 2 is 2.03 bits per heavy atom. The van der Waals surface area contributed by atoms with Crippen molar-refractivity contribution < 1.29 is 14.3 Å². The van der Waals surface area contributed by atoms with Gasteiger partial charge in [0.05, 0.1) is 0 Å². The minimum atomic E-state index is -0.227. The molecule has 3 N–H and O–H groups in total. The predicted octanol–water partition coefficient (Wildman–Crippen LogP) is 2.52. The summed E-state index contributed by atoms with van der Waals surface area (Å²) in [6, 6.07) is 6.16. The zero-order valence-corrected chi connectivity index (χ0v) is 19.9. The Labute approximate surface area is 190 Å². The van der Waals surface area contributed by atoms with E-state index in [0.29, 0.717) is 25.6 Å². The molecule has 1 aromatic rings. The molecule has 8 heteroatoms. The number of hydrogen-bond acceptors (Lipinski definition) is 4. The molecular formula is C21H33IN4O3. The molecule has 0 aromatic heterocycles. The number of aliphatic imine (C=N–C) groups is 1. The first-order valence-corrected chi connectivity index (χ1v) is 10.0. The van der Waals surface area contributed by atoms with Gasteiger partial charge in [-0.1, -0.05) is 19.9 Å². The van der Waals surface area contributed by atoms with Crippen molar-refractivity contribution >= 4 is 35.8 Å². The summed E-state index contributed by atoms with van der Waals surface area (Å²) < 4.78 is 11.4. The van der Waals surface area contributed by atoms with E-state index in [2.05, 4.69) is 41.2 Å². The number of nitrogens with two attached hydrogens (primary N) is 1. The molecular weight excluding hydrogens is 483 g/mol. The number of benzene rings is 1. The van der Waals surface area contributed by atoms with Crippen molar-refractivity contribution in [3.63, 3.8) is 0 Å². The van der Waals surface area contributed by atoms with Crippen molar-refractivity contribution in [2.24, 2.45) is 16.6 Å². The number of hydrogen-bond donors (Lipinski definition) is 2. The van der Waals surface area contributed by atoms with Crippen LogP contribution in [0, 0.1) is 5.92 Å². The number of carbonyl (C=O) groups excluding carboxylic acids is 1. The largest absolute Gasteiger partial charge is 0.486 e. The van der Waals surface area contributed by atoms with Gasteiger partial charge in [0.2, 0.25) is 5.91 Å². The molecule has 0 spiro atoms. The van der Waals surface area contributed by atoms with E-state index in [0.717, 1.165) is 49.9 Å². The van der Waals surface area contributed by atoms with Crippen molar-refractivity contribution in [1.29, 1.82) is 0 Å². The van der Waals surface area contributed by atoms with Crippen molar-refractivity contribution in [2.45, 2.75) is 38.5 Å². The van der Waals surface area contributed by atoms with Crippen LogP contribution in [0.25, 0.3) is 0 Å². The number of halogens is 1. The molecule has 1 atom stereocenters. The van der Waals surface area contributed by atoms with Gasteiger partial charge in [-0.3, -0.25) is 9.79 Å². The Hall–Kier alpha value is -1.71. The molecule has 0 bridgehead atoms. The number of nitrogens with one attached hydrogen (secondary N) is 1. The first kappa shape index (κ1) is 23.6. The maximum absolute atomic E-state index is 11.3. The summed E-state index contributed by atoms with van der Waals surface area (Å²) in [5.74, 6) is 2.57. The fraction of sp³-hybridized carbons (Fsp3) is 0.619. The Balaban J connectivity index is 0.00000300. The summed E-state index contributed by atoms with van der Waals surface area (Å²) in [5.41, 5.74) is 6.45. The average molecular weight is 516 g/mol. The van der Waals surface area contributed by atoms with E-state index < -0.39 is 0 Å². The minimum Gasteiger partial charge on any atom is -0.486 e. The maximum Gasteiger partial charge on any atom is 0.217 e. The standard InChI is InChI=1S/C21H32N4O3.HI/c1-21(2,16-6-7-17-18(12-16)28-10-9-27-17)14-24-20(23-3)25-8-4-5-15(13-25)11-19(22)26;/h6-7,12,15H,4-5,8-11,13-14H2,1-3H3,(H2,22,26)(H,23,24);1H. The smallest absolute Gasteiger partial charge is 0.217 e. The van der Waals surface area contributed by atoms with E-state index in [1.807, 2.05) is 6.07 Å². The zero-order valence-electron chi connectivity index (χ0n) is 17.6. The Morgan fingerprint density at radius 1 is 1.31 bits per heavy atom. The lowest BCUT2D eigenvalue weighted by Gasteiger charge is -2.36. The molecule has 7 nitrogen and oxygen atoms in total. The van der Waals surface area contributed by atoms with Crippen LogP contribution in [0.2, 0.25) is 0 Å². The van der Waals surface area contributed by atoms with Crippen molar-refractivity contribution in [2.75, 3.05) is 39.9 Å². The summed E-state index contributed by atoms with van der Waals surface area (Å²) in [6.07, 6.45) is 2.53.